The number of carbonyl (C=O) groups is 1. The summed E-state index contributed by atoms with van der Waals surface area (Å²) in [7, 11) is 0. The summed E-state index contributed by atoms with van der Waals surface area (Å²) in [5.74, 6) is -0.925. The molecule has 94 valence electrons. The Morgan fingerprint density at radius 2 is 1.59 bits per heavy atom. The predicted octanol–water partition coefficient (Wildman–Crippen LogP) is 4.27. The average molecular weight is 234 g/mol. The second kappa shape index (κ2) is 12.5. The lowest BCUT2D eigenvalue weighted by atomic mass is 10.1. The van der Waals surface area contributed by atoms with E-state index in [1.807, 2.05) is 18.2 Å². The lowest BCUT2D eigenvalue weighted by Crippen LogP contribution is -1.84. The van der Waals surface area contributed by atoms with Crippen LogP contribution >= 0.6 is 0 Å². The predicted molar refractivity (Wildman–Crippen MR) is 73.0 cm³/mol. The molecule has 0 aromatic rings. The molecule has 0 aliphatic heterocycles. The minimum atomic E-state index is -0.925. The summed E-state index contributed by atoms with van der Waals surface area (Å²) >= 11 is 0. The first-order valence-corrected chi connectivity index (χ1v) is 6.17. The monoisotopic (exact) mass is 234 g/mol. The molecule has 0 atom stereocenters. The Hall–Kier alpha value is -1.57. The highest BCUT2D eigenvalue weighted by Crippen LogP contribution is 2.02. The number of carboxylic acids is 1. The first kappa shape index (κ1) is 15.4. The molecule has 0 unspecified atom stereocenters. The lowest BCUT2D eigenvalue weighted by Gasteiger charge is -1.92. The minimum absolute atomic E-state index is 0.925. The molecule has 0 amide bonds. The number of hydrogen-bond donors (Lipinski definition) is 1. The van der Waals surface area contributed by atoms with Gasteiger partial charge >= 0.3 is 5.97 Å². The van der Waals surface area contributed by atoms with Crippen LogP contribution in [-0.2, 0) is 4.79 Å². The average Bonchev–Trinajstić information content (AvgIpc) is 2.30. The summed E-state index contributed by atoms with van der Waals surface area (Å²) in [6.07, 6.45) is 20.4. The first-order chi connectivity index (χ1) is 8.27. The van der Waals surface area contributed by atoms with Gasteiger partial charge in [-0.15, -0.1) is 0 Å². The minimum Gasteiger partial charge on any atom is -0.478 e. The van der Waals surface area contributed by atoms with Crippen molar-refractivity contribution in [2.45, 2.75) is 39.0 Å². The fraction of sp³-hybridized carbons (Fsp3) is 0.400. The number of aliphatic carboxylic acids is 1. The topological polar surface area (TPSA) is 37.3 Å². The van der Waals surface area contributed by atoms with Crippen molar-refractivity contribution in [1.29, 1.82) is 0 Å². The van der Waals surface area contributed by atoms with Gasteiger partial charge in [-0.1, -0.05) is 68.7 Å². The summed E-state index contributed by atoms with van der Waals surface area (Å²) in [5, 5.41) is 8.32. The molecular weight excluding hydrogens is 212 g/mol. The van der Waals surface area contributed by atoms with Crippen LogP contribution in [0, 0.1) is 0 Å². The largest absolute Gasteiger partial charge is 0.478 e. The van der Waals surface area contributed by atoms with Crippen LogP contribution in [0.4, 0.5) is 0 Å². The van der Waals surface area contributed by atoms with E-state index in [4.69, 9.17) is 5.11 Å². The lowest BCUT2D eigenvalue weighted by molar-refractivity contribution is -0.131. The SMILES string of the molecule is CCCCCCC=CC=CC=CC=CC(=O)O. The highest BCUT2D eigenvalue weighted by Gasteiger charge is 1.83. The number of rotatable bonds is 9. The second-order valence-corrected chi connectivity index (χ2v) is 3.74. The molecule has 0 spiro atoms. The van der Waals surface area contributed by atoms with E-state index < -0.39 is 5.97 Å². The van der Waals surface area contributed by atoms with Crippen LogP contribution in [0.3, 0.4) is 0 Å². The summed E-state index contributed by atoms with van der Waals surface area (Å²) in [5.41, 5.74) is 0. The fourth-order valence-electron chi connectivity index (χ4n) is 1.26. The molecule has 0 aromatic carbocycles. The van der Waals surface area contributed by atoms with E-state index in [1.54, 1.807) is 12.2 Å². The summed E-state index contributed by atoms with van der Waals surface area (Å²) in [6, 6.07) is 0. The van der Waals surface area contributed by atoms with Crippen LogP contribution < -0.4 is 0 Å². The van der Waals surface area contributed by atoms with Gasteiger partial charge in [-0.2, -0.15) is 0 Å². The maximum Gasteiger partial charge on any atom is 0.328 e. The van der Waals surface area contributed by atoms with Gasteiger partial charge in [0.15, 0.2) is 0 Å². The Balaban J connectivity index is 3.52. The van der Waals surface area contributed by atoms with E-state index in [1.165, 1.54) is 31.8 Å². The molecule has 1 N–H and O–H groups in total. The zero-order chi connectivity index (χ0) is 12.8. The van der Waals surface area contributed by atoms with Crippen LogP contribution in [-0.4, -0.2) is 11.1 Å². The summed E-state index contributed by atoms with van der Waals surface area (Å²) in [6.45, 7) is 2.21. The number of unbranched alkanes of at least 4 members (excludes halogenated alkanes) is 4. The molecule has 0 saturated heterocycles. The van der Waals surface area contributed by atoms with Crippen molar-refractivity contribution in [2.75, 3.05) is 0 Å². The van der Waals surface area contributed by atoms with Crippen molar-refractivity contribution in [2.24, 2.45) is 0 Å². The molecule has 0 radical (unpaired) electrons. The number of hydrogen-bond acceptors (Lipinski definition) is 1. The molecule has 0 aliphatic rings. The van der Waals surface area contributed by atoms with Gasteiger partial charge in [0.1, 0.15) is 0 Å². The third-order valence-electron chi connectivity index (χ3n) is 2.15. The van der Waals surface area contributed by atoms with Crippen molar-refractivity contribution in [3.63, 3.8) is 0 Å². The van der Waals surface area contributed by atoms with Gasteiger partial charge in [-0.3, -0.25) is 0 Å². The summed E-state index contributed by atoms with van der Waals surface area (Å²) in [4.78, 5) is 10.1. The standard InChI is InChI=1S/C15H22O2/c1-2-3-4-5-6-7-8-9-10-11-12-13-14-15(16)17/h7-14H,2-6H2,1H3,(H,16,17). The van der Waals surface area contributed by atoms with Crippen molar-refractivity contribution < 1.29 is 9.90 Å². The Kier molecular flexibility index (Phi) is 11.3. The molecule has 0 fully saturated rings. The molecule has 0 heterocycles. The molecule has 17 heavy (non-hydrogen) atoms. The molecule has 0 bridgehead atoms. The van der Waals surface area contributed by atoms with Crippen LogP contribution in [0.1, 0.15) is 39.0 Å². The van der Waals surface area contributed by atoms with E-state index in [0.29, 0.717) is 0 Å². The van der Waals surface area contributed by atoms with E-state index in [9.17, 15) is 4.79 Å². The highest BCUT2D eigenvalue weighted by molar-refractivity contribution is 5.80. The van der Waals surface area contributed by atoms with Gasteiger partial charge in [0, 0.05) is 6.08 Å². The van der Waals surface area contributed by atoms with E-state index in [0.717, 1.165) is 12.5 Å². The van der Waals surface area contributed by atoms with Crippen LogP contribution in [0.15, 0.2) is 48.6 Å². The van der Waals surface area contributed by atoms with Crippen LogP contribution in [0.2, 0.25) is 0 Å². The molecule has 0 aromatic heterocycles. The van der Waals surface area contributed by atoms with E-state index in [-0.39, 0.29) is 0 Å². The molecule has 2 heteroatoms. The van der Waals surface area contributed by atoms with Crippen LogP contribution in [0.5, 0.6) is 0 Å². The zero-order valence-electron chi connectivity index (χ0n) is 10.5. The van der Waals surface area contributed by atoms with E-state index in [2.05, 4.69) is 13.0 Å². The highest BCUT2D eigenvalue weighted by atomic mass is 16.4. The van der Waals surface area contributed by atoms with Crippen molar-refractivity contribution in [1.82, 2.24) is 0 Å². The van der Waals surface area contributed by atoms with Gasteiger partial charge in [-0.05, 0) is 12.8 Å². The fourth-order valence-corrected chi connectivity index (χ4v) is 1.26. The smallest absolute Gasteiger partial charge is 0.328 e. The molecule has 0 rings (SSSR count). The Morgan fingerprint density at radius 3 is 2.24 bits per heavy atom. The Morgan fingerprint density at radius 1 is 0.941 bits per heavy atom. The van der Waals surface area contributed by atoms with Gasteiger partial charge in [-0.25, -0.2) is 4.79 Å². The third kappa shape index (κ3) is 14.4. The van der Waals surface area contributed by atoms with Gasteiger partial charge in [0.05, 0.1) is 0 Å². The Labute approximate surface area is 104 Å². The third-order valence-corrected chi connectivity index (χ3v) is 2.15. The maximum atomic E-state index is 10.1. The van der Waals surface area contributed by atoms with Crippen molar-refractivity contribution >= 4 is 5.97 Å². The molecular formula is C15H22O2. The number of carboxylic acid groups (broad SMARTS) is 1. The maximum absolute atomic E-state index is 10.1. The number of allylic oxidation sites excluding steroid dienone is 7. The van der Waals surface area contributed by atoms with E-state index >= 15 is 0 Å². The van der Waals surface area contributed by atoms with Crippen molar-refractivity contribution in [3.05, 3.63) is 48.6 Å². The van der Waals surface area contributed by atoms with Crippen LogP contribution in [0.25, 0.3) is 0 Å². The molecule has 0 aliphatic carbocycles. The Bertz CT molecular complexity index is 296. The van der Waals surface area contributed by atoms with Crippen molar-refractivity contribution in [3.8, 4) is 0 Å². The second-order valence-electron chi connectivity index (χ2n) is 3.74. The van der Waals surface area contributed by atoms with Gasteiger partial charge in [0.25, 0.3) is 0 Å². The van der Waals surface area contributed by atoms with Gasteiger partial charge in [0.2, 0.25) is 0 Å². The summed E-state index contributed by atoms with van der Waals surface area (Å²) < 4.78 is 0. The molecule has 0 saturated carbocycles. The normalized spacial score (nSPS) is 12.5. The first-order valence-electron chi connectivity index (χ1n) is 6.17. The van der Waals surface area contributed by atoms with Gasteiger partial charge < -0.3 is 5.11 Å². The molecule has 2 nitrogen and oxygen atoms in total. The zero-order valence-corrected chi connectivity index (χ0v) is 10.5. The quantitative estimate of drug-likeness (QED) is 0.367.